The Morgan fingerprint density at radius 2 is 1.76 bits per heavy atom. The number of hydrogen-bond donors (Lipinski definition) is 4. The van der Waals surface area contributed by atoms with Gasteiger partial charge in [-0.1, -0.05) is 18.2 Å². The number of pyridine rings is 1. The van der Waals surface area contributed by atoms with E-state index in [9.17, 15) is 24.9 Å². The number of fused-ring (bicyclic) bond motifs is 1. The molecule has 25 heavy (non-hydrogen) atoms. The van der Waals surface area contributed by atoms with E-state index >= 15 is 0 Å². The Labute approximate surface area is 141 Å². The molecule has 9 nitrogen and oxygen atoms in total. The molecule has 1 aromatic heterocycles. The van der Waals surface area contributed by atoms with Crippen LogP contribution >= 0.6 is 0 Å². The minimum atomic E-state index is -1.86. The first-order valence-electron chi connectivity index (χ1n) is 7.37. The zero-order valence-electron chi connectivity index (χ0n) is 12.7. The largest absolute Gasteiger partial charge is 0.479 e. The monoisotopic (exact) mass is 349 g/mol. The maximum atomic E-state index is 12.4. The molecular formula is C16H15NO8. The summed E-state index contributed by atoms with van der Waals surface area (Å²) in [4.78, 5) is 27.6. The summed E-state index contributed by atoms with van der Waals surface area (Å²) < 4.78 is 9.95. The van der Waals surface area contributed by atoms with E-state index in [1.54, 1.807) is 24.3 Å². The summed E-state index contributed by atoms with van der Waals surface area (Å²) in [5, 5.41) is 38.8. The van der Waals surface area contributed by atoms with Gasteiger partial charge in [0.1, 0.15) is 18.3 Å². The number of aliphatic hydroxyl groups is 3. The van der Waals surface area contributed by atoms with Crippen molar-refractivity contribution in [3.8, 4) is 0 Å². The first-order valence-corrected chi connectivity index (χ1v) is 7.37. The van der Waals surface area contributed by atoms with E-state index in [0.717, 1.165) is 0 Å². The van der Waals surface area contributed by atoms with E-state index in [0.29, 0.717) is 10.9 Å². The molecule has 3 rings (SSSR count). The highest BCUT2D eigenvalue weighted by Gasteiger charge is 2.48. The fraction of sp³-hybridized carbons (Fsp3) is 0.312. The first-order chi connectivity index (χ1) is 11.9. The molecule has 2 aromatic rings. The quantitative estimate of drug-likeness (QED) is 0.527. The molecule has 0 bridgehead atoms. The zero-order valence-corrected chi connectivity index (χ0v) is 12.7. The summed E-state index contributed by atoms with van der Waals surface area (Å²) in [6.45, 7) is 0. The number of nitrogens with zero attached hydrogens (tertiary/aromatic N) is 1. The minimum Gasteiger partial charge on any atom is -0.479 e. The summed E-state index contributed by atoms with van der Waals surface area (Å²) in [6.07, 6.45) is -7.70. The molecule has 0 unspecified atom stereocenters. The van der Waals surface area contributed by atoms with E-state index in [-0.39, 0.29) is 5.56 Å². The van der Waals surface area contributed by atoms with Gasteiger partial charge in [0.2, 0.25) is 6.29 Å². The number of ether oxygens (including phenoxy) is 2. The highest BCUT2D eigenvalue weighted by molar-refractivity contribution is 6.03. The second-order valence-electron chi connectivity index (χ2n) is 5.52. The Morgan fingerprint density at radius 1 is 1.04 bits per heavy atom. The van der Waals surface area contributed by atoms with E-state index < -0.39 is 42.6 Å². The molecule has 0 aliphatic carbocycles. The molecule has 0 spiro atoms. The number of carbonyl (C=O) groups is 2. The van der Waals surface area contributed by atoms with Crippen molar-refractivity contribution in [1.82, 2.24) is 4.98 Å². The second-order valence-corrected chi connectivity index (χ2v) is 5.52. The lowest BCUT2D eigenvalue weighted by Crippen LogP contribution is -2.60. The molecule has 1 saturated heterocycles. The number of carboxylic acids is 1. The summed E-state index contributed by atoms with van der Waals surface area (Å²) >= 11 is 0. The molecule has 1 fully saturated rings. The van der Waals surface area contributed by atoms with Crippen LogP contribution in [0.3, 0.4) is 0 Å². The lowest BCUT2D eigenvalue weighted by Gasteiger charge is -2.37. The van der Waals surface area contributed by atoms with E-state index in [1.807, 2.05) is 0 Å². The predicted octanol–water partition coefficient (Wildman–Crippen LogP) is -0.716. The van der Waals surface area contributed by atoms with Gasteiger partial charge in [-0.25, -0.2) is 9.59 Å². The lowest BCUT2D eigenvalue weighted by atomic mass is 9.99. The molecule has 132 valence electrons. The average molecular weight is 349 g/mol. The van der Waals surface area contributed by atoms with Crippen LogP contribution in [-0.4, -0.2) is 68.1 Å². The second kappa shape index (κ2) is 6.73. The smallest absolute Gasteiger partial charge is 0.341 e. The van der Waals surface area contributed by atoms with Crippen LogP contribution < -0.4 is 0 Å². The van der Waals surface area contributed by atoms with Crippen LogP contribution in [0.5, 0.6) is 0 Å². The van der Waals surface area contributed by atoms with Crippen molar-refractivity contribution in [1.29, 1.82) is 0 Å². The van der Waals surface area contributed by atoms with Crippen LogP contribution in [0.2, 0.25) is 0 Å². The minimum absolute atomic E-state index is 0.133. The van der Waals surface area contributed by atoms with Gasteiger partial charge in [0, 0.05) is 11.6 Å². The van der Waals surface area contributed by atoms with Crippen LogP contribution in [0.4, 0.5) is 0 Å². The Bertz CT molecular complexity index is 804. The molecule has 1 aliphatic heterocycles. The topological polar surface area (TPSA) is 146 Å². The van der Waals surface area contributed by atoms with Crippen molar-refractivity contribution in [3.63, 3.8) is 0 Å². The molecule has 1 aromatic carbocycles. The van der Waals surface area contributed by atoms with Crippen molar-refractivity contribution in [2.75, 3.05) is 0 Å². The van der Waals surface area contributed by atoms with Crippen LogP contribution in [0.1, 0.15) is 10.4 Å². The third kappa shape index (κ3) is 3.17. The zero-order chi connectivity index (χ0) is 18.1. The van der Waals surface area contributed by atoms with Crippen LogP contribution in [-0.2, 0) is 14.3 Å². The van der Waals surface area contributed by atoms with E-state index in [4.69, 9.17) is 14.6 Å². The summed E-state index contributed by atoms with van der Waals surface area (Å²) in [5.74, 6) is -2.45. The Hall–Kier alpha value is -2.59. The highest BCUT2D eigenvalue weighted by Crippen LogP contribution is 2.24. The molecule has 1 aliphatic rings. The van der Waals surface area contributed by atoms with Gasteiger partial charge in [-0.2, -0.15) is 0 Å². The Balaban J connectivity index is 1.85. The number of benzene rings is 1. The number of carboxylic acid groups (broad SMARTS) is 1. The third-order valence-corrected chi connectivity index (χ3v) is 3.91. The molecule has 2 heterocycles. The Morgan fingerprint density at radius 3 is 2.48 bits per heavy atom. The van der Waals surface area contributed by atoms with Gasteiger partial charge in [-0.05, 0) is 12.1 Å². The molecule has 5 atom stereocenters. The number of hydrogen-bond acceptors (Lipinski definition) is 8. The SMILES string of the molecule is O=C(O[C@@H]1O[C@H](C(=O)O)[C@@H](O)[C@H](O)[C@H]1O)c1ccnc2ccccc12. The van der Waals surface area contributed by atoms with Crippen molar-refractivity contribution in [2.24, 2.45) is 0 Å². The third-order valence-electron chi connectivity index (χ3n) is 3.91. The standard InChI is InChI=1S/C16H15NO8/c18-10-11(19)13(14(21)22)24-16(12(10)20)25-15(23)8-5-6-17-9-4-2-1-3-7(8)9/h1-6,10-13,16,18-20H,(H,21,22)/t10-,11-,12+,13-,16-/m0/s1. The van der Waals surface area contributed by atoms with Crippen LogP contribution in [0.25, 0.3) is 10.9 Å². The number of carbonyl (C=O) groups excluding carboxylic acids is 1. The molecule has 4 N–H and O–H groups in total. The lowest BCUT2D eigenvalue weighted by molar-refractivity contribution is -0.278. The molecule has 0 radical (unpaired) electrons. The van der Waals surface area contributed by atoms with Gasteiger partial charge in [0.15, 0.2) is 6.10 Å². The molecular weight excluding hydrogens is 334 g/mol. The van der Waals surface area contributed by atoms with E-state index in [1.165, 1.54) is 12.3 Å². The molecule has 0 amide bonds. The average Bonchev–Trinajstić information content (AvgIpc) is 2.61. The fourth-order valence-corrected chi connectivity index (χ4v) is 2.59. The number of aliphatic carboxylic acids is 1. The number of aromatic nitrogens is 1. The maximum absolute atomic E-state index is 12.4. The number of aliphatic hydroxyl groups excluding tert-OH is 3. The van der Waals surface area contributed by atoms with Gasteiger partial charge >= 0.3 is 11.9 Å². The first kappa shape index (κ1) is 17.2. The normalized spacial score (nSPS) is 29.3. The van der Waals surface area contributed by atoms with Crippen LogP contribution in [0, 0.1) is 0 Å². The number of esters is 1. The van der Waals surface area contributed by atoms with Gasteiger partial charge in [-0.3, -0.25) is 4.98 Å². The molecule has 0 saturated carbocycles. The van der Waals surface area contributed by atoms with Crippen molar-refractivity contribution >= 4 is 22.8 Å². The fourth-order valence-electron chi connectivity index (χ4n) is 2.59. The highest BCUT2D eigenvalue weighted by atomic mass is 16.7. The summed E-state index contributed by atoms with van der Waals surface area (Å²) in [5.41, 5.74) is 0.676. The van der Waals surface area contributed by atoms with Gasteiger partial charge < -0.3 is 29.9 Å². The van der Waals surface area contributed by atoms with Crippen molar-refractivity contribution in [3.05, 3.63) is 42.1 Å². The number of para-hydroxylation sites is 1. The van der Waals surface area contributed by atoms with Gasteiger partial charge in [0.25, 0.3) is 0 Å². The number of rotatable bonds is 3. The van der Waals surface area contributed by atoms with Gasteiger partial charge in [0.05, 0.1) is 11.1 Å². The molecule has 9 heteroatoms. The summed E-state index contributed by atoms with van der Waals surface area (Å²) in [6, 6.07) is 8.19. The van der Waals surface area contributed by atoms with Crippen molar-refractivity contribution < 1.29 is 39.5 Å². The van der Waals surface area contributed by atoms with Gasteiger partial charge in [-0.15, -0.1) is 0 Å². The summed E-state index contributed by atoms with van der Waals surface area (Å²) in [7, 11) is 0. The van der Waals surface area contributed by atoms with Crippen LogP contribution in [0.15, 0.2) is 36.5 Å². The van der Waals surface area contributed by atoms with Crippen molar-refractivity contribution in [2.45, 2.75) is 30.7 Å². The predicted molar refractivity (Wildman–Crippen MR) is 81.5 cm³/mol. The Kier molecular flexibility index (Phi) is 4.64. The van der Waals surface area contributed by atoms with E-state index in [2.05, 4.69) is 4.98 Å². The maximum Gasteiger partial charge on any atom is 0.341 e.